The van der Waals surface area contributed by atoms with Crippen LogP contribution in [0.3, 0.4) is 0 Å². The van der Waals surface area contributed by atoms with E-state index in [1.807, 2.05) is 18.2 Å². The lowest BCUT2D eigenvalue weighted by Gasteiger charge is -2.28. The highest BCUT2D eigenvalue weighted by molar-refractivity contribution is 5.58. The molecule has 0 atom stereocenters. The van der Waals surface area contributed by atoms with Gasteiger partial charge in [-0.2, -0.15) is 0 Å². The first kappa shape index (κ1) is 20.2. The first-order chi connectivity index (χ1) is 11.9. The largest absolute Gasteiger partial charge is 0.507 e. The summed E-state index contributed by atoms with van der Waals surface area (Å²) in [7, 11) is 1.64. The molecular weight excluding hydrogens is 322 g/mol. The second kappa shape index (κ2) is 7.22. The lowest BCUT2D eigenvalue weighted by atomic mass is 9.78. The summed E-state index contributed by atoms with van der Waals surface area (Å²) < 4.78 is 5.32. The van der Waals surface area contributed by atoms with Crippen LogP contribution in [0.1, 0.15) is 63.8 Å². The van der Waals surface area contributed by atoms with Gasteiger partial charge in [-0.25, -0.2) is 0 Å². The lowest BCUT2D eigenvalue weighted by Crippen LogP contribution is -2.18. The fourth-order valence-corrected chi connectivity index (χ4v) is 3.25. The first-order valence-electron chi connectivity index (χ1n) is 9.23. The fraction of sp³-hybridized carbons (Fsp3) is 0.478. The molecule has 0 radical (unpaired) electrons. The van der Waals surface area contributed by atoms with Crippen molar-refractivity contribution in [2.75, 3.05) is 12.8 Å². The Hall–Kier alpha value is -2.16. The molecule has 26 heavy (non-hydrogen) atoms. The zero-order valence-corrected chi connectivity index (χ0v) is 17.2. The van der Waals surface area contributed by atoms with Crippen LogP contribution >= 0.6 is 0 Å². The van der Waals surface area contributed by atoms with Gasteiger partial charge in [-0.05, 0) is 52.0 Å². The molecule has 0 saturated heterocycles. The SMILES string of the molecule is COc1cccc(CCc2cc(C(C)(C)C)c(O)c(C(C)(C)C)c2)c1N. The maximum absolute atomic E-state index is 10.8. The number of phenols is 1. The van der Waals surface area contributed by atoms with Gasteiger partial charge in [0.1, 0.15) is 11.5 Å². The number of nitrogen functional groups attached to an aromatic ring is 1. The van der Waals surface area contributed by atoms with Crippen molar-refractivity contribution in [2.24, 2.45) is 0 Å². The molecule has 142 valence electrons. The van der Waals surface area contributed by atoms with E-state index < -0.39 is 0 Å². The van der Waals surface area contributed by atoms with Gasteiger partial charge >= 0.3 is 0 Å². The van der Waals surface area contributed by atoms with Gasteiger partial charge in [0.05, 0.1) is 12.8 Å². The molecule has 3 nitrogen and oxygen atoms in total. The minimum atomic E-state index is -0.116. The highest BCUT2D eigenvalue weighted by atomic mass is 16.5. The number of nitrogens with two attached hydrogens (primary N) is 1. The van der Waals surface area contributed by atoms with Gasteiger partial charge in [0, 0.05) is 0 Å². The second-order valence-corrected chi connectivity index (χ2v) is 9.07. The van der Waals surface area contributed by atoms with E-state index in [4.69, 9.17) is 10.5 Å². The average Bonchev–Trinajstić information content (AvgIpc) is 2.52. The monoisotopic (exact) mass is 355 g/mol. The Bertz CT molecular complexity index is 745. The molecule has 2 aromatic rings. The normalized spacial score (nSPS) is 12.3. The lowest BCUT2D eigenvalue weighted by molar-refractivity contribution is 0.416. The van der Waals surface area contributed by atoms with E-state index in [0.29, 0.717) is 11.4 Å². The van der Waals surface area contributed by atoms with Gasteiger partial charge in [0.15, 0.2) is 0 Å². The summed E-state index contributed by atoms with van der Waals surface area (Å²) >= 11 is 0. The average molecular weight is 356 g/mol. The molecule has 0 saturated carbocycles. The Kier molecular flexibility index (Phi) is 5.60. The molecule has 0 amide bonds. The molecule has 0 aliphatic rings. The van der Waals surface area contributed by atoms with E-state index in [-0.39, 0.29) is 10.8 Å². The van der Waals surface area contributed by atoms with Gasteiger partial charge in [-0.3, -0.25) is 0 Å². The minimum absolute atomic E-state index is 0.116. The molecule has 0 aliphatic heterocycles. The number of ether oxygens (including phenoxy) is 1. The van der Waals surface area contributed by atoms with E-state index in [1.54, 1.807) is 7.11 Å². The van der Waals surface area contributed by atoms with Gasteiger partial charge in [0.25, 0.3) is 0 Å². The number of benzene rings is 2. The smallest absolute Gasteiger partial charge is 0.142 e. The standard InChI is InChI=1S/C23H33NO2/c1-22(2,3)17-13-15(14-18(21(17)25)23(4,5)6)11-12-16-9-8-10-19(26-7)20(16)24/h8-10,13-14,25H,11-12,24H2,1-7H3. The predicted octanol–water partition coefficient (Wildman–Crippen LogP) is 5.36. The van der Waals surface area contributed by atoms with Gasteiger partial charge < -0.3 is 15.6 Å². The molecule has 2 aromatic carbocycles. The number of aryl methyl sites for hydroxylation is 2. The summed E-state index contributed by atoms with van der Waals surface area (Å²) in [4.78, 5) is 0. The Balaban J connectivity index is 2.41. The van der Waals surface area contributed by atoms with E-state index in [9.17, 15) is 5.11 Å². The summed E-state index contributed by atoms with van der Waals surface area (Å²) in [6.07, 6.45) is 1.70. The molecule has 0 fully saturated rings. The molecule has 0 unspecified atom stereocenters. The summed E-state index contributed by atoms with van der Waals surface area (Å²) in [5.41, 5.74) is 11.0. The topological polar surface area (TPSA) is 55.5 Å². The van der Waals surface area contributed by atoms with Gasteiger partial charge in [0.2, 0.25) is 0 Å². The molecule has 3 heteroatoms. The van der Waals surface area contributed by atoms with Crippen LogP contribution < -0.4 is 10.5 Å². The van der Waals surface area contributed by atoms with Crippen molar-refractivity contribution >= 4 is 5.69 Å². The highest BCUT2D eigenvalue weighted by Crippen LogP contribution is 2.40. The molecule has 3 N–H and O–H groups in total. The van der Waals surface area contributed by atoms with Crippen LogP contribution in [0.25, 0.3) is 0 Å². The third-order valence-corrected chi connectivity index (χ3v) is 4.85. The molecule has 0 heterocycles. The predicted molar refractivity (Wildman–Crippen MR) is 110 cm³/mol. The Morgan fingerprint density at radius 2 is 1.46 bits per heavy atom. The molecule has 0 aromatic heterocycles. The van der Waals surface area contributed by atoms with E-state index in [2.05, 4.69) is 53.7 Å². The maximum atomic E-state index is 10.8. The fourth-order valence-electron chi connectivity index (χ4n) is 3.25. The van der Waals surface area contributed by atoms with Crippen LogP contribution in [0.5, 0.6) is 11.5 Å². The molecule has 0 bridgehead atoms. The highest BCUT2D eigenvalue weighted by Gasteiger charge is 2.26. The van der Waals surface area contributed by atoms with Crippen molar-refractivity contribution in [2.45, 2.75) is 65.2 Å². The van der Waals surface area contributed by atoms with Crippen molar-refractivity contribution in [1.82, 2.24) is 0 Å². The second-order valence-electron chi connectivity index (χ2n) is 9.07. The zero-order valence-electron chi connectivity index (χ0n) is 17.2. The molecule has 0 aliphatic carbocycles. The number of methoxy groups -OCH3 is 1. The van der Waals surface area contributed by atoms with Crippen LogP contribution in [0.2, 0.25) is 0 Å². The number of hydrogen-bond donors (Lipinski definition) is 2. The number of phenolic OH excluding ortho intramolecular Hbond substituents is 1. The molecular formula is C23H33NO2. The summed E-state index contributed by atoms with van der Waals surface area (Å²) in [5.74, 6) is 1.15. The molecule has 0 spiro atoms. The van der Waals surface area contributed by atoms with Gasteiger partial charge in [-0.15, -0.1) is 0 Å². The minimum Gasteiger partial charge on any atom is -0.507 e. The van der Waals surface area contributed by atoms with Crippen LogP contribution in [0, 0.1) is 0 Å². The summed E-state index contributed by atoms with van der Waals surface area (Å²) in [6.45, 7) is 12.8. The summed E-state index contributed by atoms with van der Waals surface area (Å²) in [6, 6.07) is 10.2. The maximum Gasteiger partial charge on any atom is 0.142 e. The van der Waals surface area contributed by atoms with E-state index in [1.165, 1.54) is 5.56 Å². The number of hydrogen-bond acceptors (Lipinski definition) is 3. The number of para-hydroxylation sites is 1. The van der Waals surface area contributed by atoms with Crippen LogP contribution in [-0.2, 0) is 23.7 Å². The van der Waals surface area contributed by atoms with Crippen molar-refractivity contribution in [1.29, 1.82) is 0 Å². The quantitative estimate of drug-likeness (QED) is 0.726. The van der Waals surface area contributed by atoms with E-state index >= 15 is 0 Å². The number of anilines is 1. The van der Waals surface area contributed by atoms with Crippen molar-refractivity contribution in [3.05, 3.63) is 52.6 Å². The Morgan fingerprint density at radius 1 is 0.923 bits per heavy atom. The van der Waals surface area contributed by atoms with Crippen LogP contribution in [0.15, 0.2) is 30.3 Å². The summed E-state index contributed by atoms with van der Waals surface area (Å²) in [5, 5.41) is 10.8. The van der Waals surface area contributed by atoms with Crippen molar-refractivity contribution in [3.63, 3.8) is 0 Å². The first-order valence-corrected chi connectivity index (χ1v) is 9.23. The third-order valence-electron chi connectivity index (χ3n) is 4.85. The Labute approximate surface area is 158 Å². The van der Waals surface area contributed by atoms with Crippen LogP contribution in [-0.4, -0.2) is 12.2 Å². The zero-order chi connectivity index (χ0) is 19.7. The molecule has 2 rings (SSSR count). The third kappa shape index (κ3) is 4.32. The van der Waals surface area contributed by atoms with Gasteiger partial charge in [-0.1, -0.05) is 65.8 Å². The van der Waals surface area contributed by atoms with Crippen molar-refractivity contribution in [3.8, 4) is 11.5 Å². The van der Waals surface area contributed by atoms with Crippen molar-refractivity contribution < 1.29 is 9.84 Å². The Morgan fingerprint density at radius 3 is 1.92 bits per heavy atom. The number of rotatable bonds is 4. The van der Waals surface area contributed by atoms with Crippen LogP contribution in [0.4, 0.5) is 5.69 Å². The van der Waals surface area contributed by atoms with E-state index in [0.717, 1.165) is 35.3 Å². The number of aromatic hydroxyl groups is 1.